The van der Waals surface area contributed by atoms with Gasteiger partial charge in [0.05, 0.1) is 0 Å². The standard InChI is InChI=1S/C18H29NO/c1-7-18(6)15(19-8-2)11-16(18)20-17-13(4)10-9-12(3)14(17)5/h9-10,15-16,19H,7-8,11H2,1-6H3. The molecule has 0 aliphatic heterocycles. The molecular formula is C18H29NO. The third-order valence-electron chi connectivity index (χ3n) is 5.33. The third-order valence-corrected chi connectivity index (χ3v) is 5.33. The Labute approximate surface area is 123 Å². The van der Waals surface area contributed by atoms with E-state index in [1.807, 2.05) is 0 Å². The van der Waals surface area contributed by atoms with Crippen LogP contribution in [-0.2, 0) is 0 Å². The van der Waals surface area contributed by atoms with Gasteiger partial charge in [-0.25, -0.2) is 0 Å². The van der Waals surface area contributed by atoms with E-state index >= 15 is 0 Å². The Bertz CT molecular complexity index is 483. The Hall–Kier alpha value is -1.02. The summed E-state index contributed by atoms with van der Waals surface area (Å²) in [5, 5.41) is 3.60. The summed E-state index contributed by atoms with van der Waals surface area (Å²) in [7, 11) is 0. The van der Waals surface area contributed by atoms with Gasteiger partial charge in [0.25, 0.3) is 0 Å². The molecule has 0 spiro atoms. The molecule has 1 aliphatic carbocycles. The van der Waals surface area contributed by atoms with Crippen LogP contribution in [0.2, 0.25) is 0 Å². The van der Waals surface area contributed by atoms with Gasteiger partial charge in [-0.15, -0.1) is 0 Å². The summed E-state index contributed by atoms with van der Waals surface area (Å²) >= 11 is 0. The molecule has 1 fully saturated rings. The maximum absolute atomic E-state index is 6.44. The van der Waals surface area contributed by atoms with Gasteiger partial charge < -0.3 is 10.1 Å². The molecule has 112 valence electrons. The topological polar surface area (TPSA) is 21.3 Å². The Kier molecular flexibility index (Phi) is 4.43. The molecule has 1 N–H and O–H groups in total. The molecule has 0 saturated heterocycles. The number of rotatable bonds is 5. The van der Waals surface area contributed by atoms with Gasteiger partial charge in [0.2, 0.25) is 0 Å². The van der Waals surface area contributed by atoms with Crippen molar-refractivity contribution >= 4 is 0 Å². The van der Waals surface area contributed by atoms with Crippen molar-refractivity contribution in [1.82, 2.24) is 5.32 Å². The maximum Gasteiger partial charge on any atom is 0.125 e. The zero-order valence-corrected chi connectivity index (χ0v) is 13.8. The predicted molar refractivity (Wildman–Crippen MR) is 85.5 cm³/mol. The summed E-state index contributed by atoms with van der Waals surface area (Å²) in [5.41, 5.74) is 4.10. The second-order valence-corrected chi connectivity index (χ2v) is 6.47. The van der Waals surface area contributed by atoms with Gasteiger partial charge in [-0.1, -0.05) is 32.9 Å². The SMILES string of the molecule is CCNC1CC(Oc2c(C)ccc(C)c2C)C1(C)CC. The van der Waals surface area contributed by atoms with Crippen molar-refractivity contribution in [2.45, 2.75) is 66.5 Å². The highest BCUT2D eigenvalue weighted by molar-refractivity contribution is 5.45. The second-order valence-electron chi connectivity index (χ2n) is 6.47. The lowest BCUT2D eigenvalue weighted by Gasteiger charge is -2.53. The number of ether oxygens (including phenoxy) is 1. The van der Waals surface area contributed by atoms with Gasteiger partial charge in [-0.2, -0.15) is 0 Å². The first-order valence-electron chi connectivity index (χ1n) is 7.90. The first-order valence-corrected chi connectivity index (χ1v) is 7.90. The Morgan fingerprint density at radius 1 is 1.20 bits per heavy atom. The molecular weight excluding hydrogens is 246 g/mol. The molecule has 0 bridgehead atoms. The summed E-state index contributed by atoms with van der Waals surface area (Å²) in [5.74, 6) is 1.10. The molecule has 1 saturated carbocycles. The fourth-order valence-corrected chi connectivity index (χ4v) is 3.29. The Morgan fingerprint density at radius 2 is 1.85 bits per heavy atom. The van der Waals surface area contributed by atoms with E-state index in [-0.39, 0.29) is 5.41 Å². The smallest absolute Gasteiger partial charge is 0.125 e. The molecule has 0 radical (unpaired) electrons. The van der Waals surface area contributed by atoms with Crippen LogP contribution < -0.4 is 10.1 Å². The number of benzene rings is 1. The highest BCUT2D eigenvalue weighted by Gasteiger charge is 2.51. The van der Waals surface area contributed by atoms with Crippen molar-refractivity contribution in [3.05, 3.63) is 28.8 Å². The quantitative estimate of drug-likeness (QED) is 0.871. The fraction of sp³-hybridized carbons (Fsp3) is 0.667. The minimum Gasteiger partial charge on any atom is -0.489 e. The van der Waals surface area contributed by atoms with Crippen LogP contribution in [0.5, 0.6) is 5.75 Å². The third kappa shape index (κ3) is 2.46. The lowest BCUT2D eigenvalue weighted by Crippen LogP contribution is -2.63. The minimum absolute atomic E-state index is 0.249. The minimum atomic E-state index is 0.249. The molecule has 3 unspecified atom stereocenters. The largest absolute Gasteiger partial charge is 0.489 e. The molecule has 3 atom stereocenters. The van der Waals surface area contributed by atoms with Crippen LogP contribution in [0.15, 0.2) is 12.1 Å². The van der Waals surface area contributed by atoms with Crippen LogP contribution in [0.25, 0.3) is 0 Å². The van der Waals surface area contributed by atoms with E-state index in [9.17, 15) is 0 Å². The van der Waals surface area contributed by atoms with Crippen LogP contribution in [-0.4, -0.2) is 18.7 Å². The van der Waals surface area contributed by atoms with Crippen LogP contribution in [0.3, 0.4) is 0 Å². The monoisotopic (exact) mass is 275 g/mol. The molecule has 1 aliphatic rings. The van der Waals surface area contributed by atoms with Crippen LogP contribution in [0.4, 0.5) is 0 Å². The van der Waals surface area contributed by atoms with Crippen molar-refractivity contribution in [3.8, 4) is 5.75 Å². The number of hydrogen-bond acceptors (Lipinski definition) is 2. The number of nitrogens with one attached hydrogen (secondary N) is 1. The van der Waals surface area contributed by atoms with Crippen molar-refractivity contribution in [2.75, 3.05) is 6.54 Å². The summed E-state index contributed by atoms with van der Waals surface area (Å²) < 4.78 is 6.44. The van der Waals surface area contributed by atoms with Gasteiger partial charge in [0, 0.05) is 17.9 Å². The Balaban J connectivity index is 2.18. The van der Waals surface area contributed by atoms with Crippen LogP contribution >= 0.6 is 0 Å². The zero-order valence-electron chi connectivity index (χ0n) is 13.8. The van der Waals surface area contributed by atoms with Gasteiger partial charge in [0.1, 0.15) is 11.9 Å². The lowest BCUT2D eigenvalue weighted by molar-refractivity contribution is -0.0702. The summed E-state index contributed by atoms with van der Waals surface area (Å²) in [4.78, 5) is 0. The van der Waals surface area contributed by atoms with Gasteiger partial charge in [0.15, 0.2) is 0 Å². The summed E-state index contributed by atoms with van der Waals surface area (Å²) in [6.07, 6.45) is 2.60. The summed E-state index contributed by atoms with van der Waals surface area (Å²) in [6, 6.07) is 4.94. The molecule has 2 nitrogen and oxygen atoms in total. The van der Waals surface area contributed by atoms with Crippen LogP contribution in [0.1, 0.15) is 50.3 Å². The average molecular weight is 275 g/mol. The molecule has 0 amide bonds. The lowest BCUT2D eigenvalue weighted by atomic mass is 9.61. The van der Waals surface area contributed by atoms with Crippen molar-refractivity contribution in [1.29, 1.82) is 0 Å². The molecule has 2 rings (SSSR count). The fourth-order valence-electron chi connectivity index (χ4n) is 3.29. The van der Waals surface area contributed by atoms with E-state index in [4.69, 9.17) is 4.74 Å². The van der Waals surface area contributed by atoms with Gasteiger partial charge in [-0.05, 0) is 50.4 Å². The average Bonchev–Trinajstić information content (AvgIpc) is 2.44. The first kappa shape index (κ1) is 15.4. The molecule has 2 heteroatoms. The molecule has 0 heterocycles. The normalized spacial score (nSPS) is 29.1. The second kappa shape index (κ2) is 5.77. The molecule has 1 aromatic carbocycles. The predicted octanol–water partition coefficient (Wildman–Crippen LogP) is 4.16. The number of aryl methyl sites for hydroxylation is 2. The molecule has 0 aromatic heterocycles. The van der Waals surface area contributed by atoms with Crippen molar-refractivity contribution < 1.29 is 4.74 Å². The van der Waals surface area contributed by atoms with Crippen molar-refractivity contribution in [2.24, 2.45) is 5.41 Å². The van der Waals surface area contributed by atoms with Crippen molar-refractivity contribution in [3.63, 3.8) is 0 Å². The van der Waals surface area contributed by atoms with E-state index in [1.165, 1.54) is 16.7 Å². The van der Waals surface area contributed by atoms with Crippen LogP contribution in [0, 0.1) is 26.2 Å². The van der Waals surface area contributed by atoms with E-state index in [0.717, 1.165) is 25.1 Å². The zero-order chi connectivity index (χ0) is 14.9. The summed E-state index contributed by atoms with van der Waals surface area (Å²) in [6.45, 7) is 14.3. The number of hydrogen-bond donors (Lipinski definition) is 1. The van der Waals surface area contributed by atoms with E-state index in [0.29, 0.717) is 12.1 Å². The van der Waals surface area contributed by atoms with Gasteiger partial charge in [-0.3, -0.25) is 0 Å². The first-order chi connectivity index (χ1) is 9.43. The van der Waals surface area contributed by atoms with E-state index in [2.05, 4.69) is 59.0 Å². The maximum atomic E-state index is 6.44. The molecule has 1 aromatic rings. The molecule has 20 heavy (non-hydrogen) atoms. The van der Waals surface area contributed by atoms with E-state index < -0.39 is 0 Å². The highest BCUT2D eigenvalue weighted by atomic mass is 16.5. The van der Waals surface area contributed by atoms with Gasteiger partial charge >= 0.3 is 0 Å². The Morgan fingerprint density at radius 3 is 2.45 bits per heavy atom. The van der Waals surface area contributed by atoms with E-state index in [1.54, 1.807) is 0 Å². The highest BCUT2D eigenvalue weighted by Crippen LogP contribution is 2.46.